The number of carboxylic acid groups (broad SMARTS) is 1. The van der Waals surface area contributed by atoms with Gasteiger partial charge in [-0.3, -0.25) is 4.79 Å². The van der Waals surface area contributed by atoms with Crippen LogP contribution in [0.15, 0.2) is 16.6 Å². The molecule has 1 heterocycles. The Morgan fingerprint density at radius 1 is 1.53 bits per heavy atom. The number of benzene rings is 1. The van der Waals surface area contributed by atoms with Gasteiger partial charge in [-0.15, -0.1) is 0 Å². The Labute approximate surface area is 92.4 Å². The number of anilines is 1. The van der Waals surface area contributed by atoms with Gasteiger partial charge in [0, 0.05) is 0 Å². The fraction of sp³-hybridized carbons (Fsp3) is 0.111. The molecule has 0 aromatic heterocycles. The molecule has 0 atom stereocenters. The van der Waals surface area contributed by atoms with Crippen LogP contribution in [0.5, 0.6) is 0 Å². The summed E-state index contributed by atoms with van der Waals surface area (Å²) in [6, 6.07) is 2.46. The molecule has 0 saturated heterocycles. The van der Waals surface area contributed by atoms with Gasteiger partial charge in [0.15, 0.2) is 0 Å². The van der Waals surface area contributed by atoms with Gasteiger partial charge in [0.2, 0.25) is 5.91 Å². The van der Waals surface area contributed by atoms with E-state index in [1.165, 1.54) is 12.1 Å². The Morgan fingerprint density at radius 3 is 2.80 bits per heavy atom. The van der Waals surface area contributed by atoms with Crippen molar-refractivity contribution in [2.45, 2.75) is 6.42 Å². The van der Waals surface area contributed by atoms with Crippen molar-refractivity contribution in [1.29, 1.82) is 0 Å². The van der Waals surface area contributed by atoms with Crippen LogP contribution in [0.3, 0.4) is 0 Å². The average molecular weight is 274 g/mol. The van der Waals surface area contributed by atoms with Gasteiger partial charge in [-0.1, -0.05) is 0 Å². The highest BCUT2D eigenvalue weighted by atomic mass is 79.9. The number of rotatable bonds is 0. The van der Waals surface area contributed by atoms with Gasteiger partial charge < -0.3 is 5.11 Å². The Kier molecular flexibility index (Phi) is 2.22. The average Bonchev–Trinajstić information content (AvgIpc) is 2.41. The molecule has 0 saturated carbocycles. The number of fused-ring (bicyclic) bond motifs is 1. The summed E-state index contributed by atoms with van der Waals surface area (Å²) in [5, 5.41) is 8.79. The monoisotopic (exact) mass is 273 g/mol. The molecule has 1 aliphatic rings. The second-order valence-corrected chi connectivity index (χ2v) is 3.94. The van der Waals surface area contributed by atoms with Crippen LogP contribution in [0.4, 0.5) is 14.9 Å². The lowest BCUT2D eigenvalue weighted by molar-refractivity contribution is -0.116. The first-order chi connectivity index (χ1) is 7.00. The van der Waals surface area contributed by atoms with Crippen molar-refractivity contribution in [2.75, 3.05) is 4.90 Å². The first-order valence-corrected chi connectivity index (χ1v) is 4.84. The van der Waals surface area contributed by atoms with Crippen molar-refractivity contribution in [2.24, 2.45) is 0 Å². The maximum Gasteiger partial charge on any atom is 0.418 e. The van der Waals surface area contributed by atoms with E-state index in [2.05, 4.69) is 15.9 Å². The number of imide groups is 1. The van der Waals surface area contributed by atoms with E-state index in [9.17, 15) is 14.0 Å². The molecule has 1 aromatic carbocycles. The SMILES string of the molecule is O=C(O)N1C(=O)Cc2cc(F)c(Br)cc21. The summed E-state index contributed by atoms with van der Waals surface area (Å²) in [5.41, 5.74) is 0.615. The number of halogens is 2. The third kappa shape index (κ3) is 1.50. The summed E-state index contributed by atoms with van der Waals surface area (Å²) >= 11 is 2.94. The highest BCUT2D eigenvalue weighted by Gasteiger charge is 2.33. The molecule has 0 unspecified atom stereocenters. The number of amides is 2. The van der Waals surface area contributed by atoms with Crippen LogP contribution in [0.2, 0.25) is 0 Å². The molecule has 6 heteroatoms. The third-order valence-electron chi connectivity index (χ3n) is 2.14. The molecule has 2 rings (SSSR count). The van der Waals surface area contributed by atoms with Crippen LogP contribution >= 0.6 is 15.9 Å². The summed E-state index contributed by atoms with van der Waals surface area (Å²) in [5.74, 6) is -1.07. The lowest BCUT2D eigenvalue weighted by Gasteiger charge is -2.10. The van der Waals surface area contributed by atoms with Crippen molar-refractivity contribution in [3.8, 4) is 0 Å². The number of hydrogen-bond donors (Lipinski definition) is 1. The Balaban J connectivity index is 2.59. The summed E-state index contributed by atoms with van der Waals surface area (Å²) in [7, 11) is 0. The van der Waals surface area contributed by atoms with Gasteiger partial charge >= 0.3 is 6.09 Å². The number of nitrogens with zero attached hydrogens (tertiary/aromatic N) is 1. The molecule has 0 radical (unpaired) electrons. The van der Waals surface area contributed by atoms with Gasteiger partial charge in [0.25, 0.3) is 0 Å². The zero-order chi connectivity index (χ0) is 11.2. The smallest absolute Gasteiger partial charge is 0.418 e. The molecule has 0 spiro atoms. The van der Waals surface area contributed by atoms with Crippen LogP contribution in [0.1, 0.15) is 5.56 Å². The molecule has 0 aliphatic carbocycles. The molecule has 78 valence electrons. The lowest BCUT2D eigenvalue weighted by atomic mass is 10.1. The molecule has 4 nitrogen and oxygen atoms in total. The second kappa shape index (κ2) is 3.30. The molecular formula is C9H5BrFNO3. The molecule has 15 heavy (non-hydrogen) atoms. The lowest BCUT2D eigenvalue weighted by Crippen LogP contribution is -2.32. The highest BCUT2D eigenvalue weighted by molar-refractivity contribution is 9.10. The normalized spacial score (nSPS) is 14.3. The predicted molar refractivity (Wildman–Crippen MR) is 53.3 cm³/mol. The zero-order valence-corrected chi connectivity index (χ0v) is 8.91. The van der Waals surface area contributed by atoms with Crippen molar-refractivity contribution >= 4 is 33.6 Å². The van der Waals surface area contributed by atoms with Crippen LogP contribution in [-0.4, -0.2) is 17.1 Å². The molecule has 1 N–H and O–H groups in total. The van der Waals surface area contributed by atoms with Gasteiger partial charge in [-0.25, -0.2) is 14.1 Å². The van der Waals surface area contributed by atoms with E-state index < -0.39 is 17.8 Å². The van der Waals surface area contributed by atoms with Crippen molar-refractivity contribution < 1.29 is 19.1 Å². The zero-order valence-electron chi connectivity index (χ0n) is 7.33. The molecule has 1 aliphatic heterocycles. The fourth-order valence-corrected chi connectivity index (χ4v) is 1.84. The Morgan fingerprint density at radius 2 is 2.20 bits per heavy atom. The van der Waals surface area contributed by atoms with Crippen molar-refractivity contribution in [1.82, 2.24) is 0 Å². The maximum absolute atomic E-state index is 13.1. The summed E-state index contributed by atoms with van der Waals surface area (Å²) in [6.07, 6.45) is -1.43. The van der Waals surface area contributed by atoms with E-state index >= 15 is 0 Å². The van der Waals surface area contributed by atoms with Gasteiger partial charge in [-0.05, 0) is 33.6 Å². The minimum atomic E-state index is -1.35. The largest absolute Gasteiger partial charge is 0.464 e. The van der Waals surface area contributed by atoms with Crippen molar-refractivity contribution in [3.63, 3.8) is 0 Å². The molecule has 2 amide bonds. The fourth-order valence-electron chi connectivity index (χ4n) is 1.51. The van der Waals surface area contributed by atoms with E-state index in [4.69, 9.17) is 5.11 Å². The van der Waals surface area contributed by atoms with Crippen LogP contribution < -0.4 is 4.90 Å². The van der Waals surface area contributed by atoms with E-state index in [1.54, 1.807) is 0 Å². The van der Waals surface area contributed by atoms with Gasteiger partial charge in [-0.2, -0.15) is 0 Å². The first kappa shape index (κ1) is 10.1. The Hall–Kier alpha value is -1.43. The first-order valence-electron chi connectivity index (χ1n) is 4.04. The second-order valence-electron chi connectivity index (χ2n) is 3.08. The molecule has 0 fully saturated rings. The van der Waals surface area contributed by atoms with E-state index in [0.717, 1.165) is 0 Å². The van der Waals surface area contributed by atoms with Crippen LogP contribution in [0.25, 0.3) is 0 Å². The predicted octanol–water partition coefficient (Wildman–Crippen LogP) is 2.16. The minimum absolute atomic E-state index is 0.0775. The quantitative estimate of drug-likeness (QED) is 0.788. The Bertz CT molecular complexity index is 475. The van der Waals surface area contributed by atoms with Crippen molar-refractivity contribution in [3.05, 3.63) is 28.0 Å². The van der Waals surface area contributed by atoms with Crippen LogP contribution in [0, 0.1) is 5.82 Å². The van der Waals surface area contributed by atoms with E-state index in [0.29, 0.717) is 10.5 Å². The summed E-state index contributed by atoms with van der Waals surface area (Å²) < 4.78 is 13.2. The highest BCUT2D eigenvalue weighted by Crippen LogP contribution is 2.33. The summed E-state index contributed by atoms with van der Waals surface area (Å²) in [4.78, 5) is 22.7. The minimum Gasteiger partial charge on any atom is -0.464 e. The topological polar surface area (TPSA) is 57.6 Å². The van der Waals surface area contributed by atoms with E-state index in [1.807, 2.05) is 0 Å². The maximum atomic E-state index is 13.1. The van der Waals surface area contributed by atoms with Gasteiger partial charge in [0.05, 0.1) is 16.6 Å². The number of hydrogen-bond acceptors (Lipinski definition) is 2. The van der Waals surface area contributed by atoms with Gasteiger partial charge in [0.1, 0.15) is 5.82 Å². The third-order valence-corrected chi connectivity index (χ3v) is 2.75. The molecule has 1 aromatic rings. The number of carbonyl (C=O) groups is 2. The standard InChI is InChI=1S/C9H5BrFNO3/c10-5-3-7-4(1-6(5)11)2-8(13)12(7)9(14)15/h1,3H,2H2,(H,14,15). The van der Waals surface area contributed by atoms with Crippen LogP contribution in [-0.2, 0) is 11.2 Å². The number of carbonyl (C=O) groups excluding carboxylic acids is 1. The molecular weight excluding hydrogens is 269 g/mol. The van der Waals surface area contributed by atoms with E-state index in [-0.39, 0.29) is 16.6 Å². The molecule has 0 bridgehead atoms. The summed E-state index contributed by atoms with van der Waals surface area (Å²) in [6.45, 7) is 0.